The number of aliphatic hydroxyl groups excluding tert-OH is 1. The zero-order valence-corrected chi connectivity index (χ0v) is 9.54. The van der Waals surface area contributed by atoms with Crippen molar-refractivity contribution in [2.75, 3.05) is 19.1 Å². The molecule has 88 valence electrons. The van der Waals surface area contributed by atoms with Crippen molar-refractivity contribution in [3.8, 4) is 11.8 Å². The first kappa shape index (κ1) is 11.4. The Morgan fingerprint density at radius 1 is 1.53 bits per heavy atom. The molecule has 0 radical (unpaired) electrons. The van der Waals surface area contributed by atoms with Gasteiger partial charge >= 0.3 is 0 Å². The molecule has 1 aromatic rings. The van der Waals surface area contributed by atoms with E-state index >= 15 is 0 Å². The van der Waals surface area contributed by atoms with Gasteiger partial charge in [0.15, 0.2) is 5.92 Å². The maximum Gasteiger partial charge on any atom is 0.247 e. The van der Waals surface area contributed by atoms with Crippen LogP contribution in [0.15, 0.2) is 18.2 Å². The highest BCUT2D eigenvalue weighted by atomic mass is 16.5. The van der Waals surface area contributed by atoms with E-state index in [2.05, 4.69) is 0 Å². The number of ether oxygens (including phenoxy) is 1. The lowest BCUT2D eigenvalue weighted by Gasteiger charge is -2.32. The molecular weight excluding hydrogens is 220 g/mol. The number of methoxy groups -OCH3 is 1. The van der Waals surface area contributed by atoms with Gasteiger partial charge in [0.1, 0.15) is 11.9 Å². The average molecular weight is 232 g/mol. The fourth-order valence-corrected chi connectivity index (χ4v) is 1.97. The number of carbonyl (C=O) groups is 1. The number of rotatable bonds is 1. The molecule has 0 spiro atoms. The average Bonchev–Trinajstić information content (AvgIpc) is 2.36. The van der Waals surface area contributed by atoms with Crippen molar-refractivity contribution in [3.05, 3.63) is 23.8 Å². The monoisotopic (exact) mass is 232 g/mol. The molecule has 5 nitrogen and oxygen atoms in total. The van der Waals surface area contributed by atoms with E-state index in [0.717, 1.165) is 0 Å². The molecule has 0 fully saturated rings. The predicted octanol–water partition coefficient (Wildman–Crippen LogP) is 0.845. The minimum absolute atomic E-state index is 0.391. The van der Waals surface area contributed by atoms with Crippen molar-refractivity contribution in [2.24, 2.45) is 5.92 Å². The van der Waals surface area contributed by atoms with E-state index in [1.165, 1.54) is 12.0 Å². The van der Waals surface area contributed by atoms with E-state index < -0.39 is 17.9 Å². The van der Waals surface area contributed by atoms with Crippen molar-refractivity contribution >= 4 is 11.6 Å². The molecule has 1 aliphatic heterocycles. The molecule has 1 aromatic carbocycles. The SMILES string of the molecule is COc1ccc2c(c1)C(O)C(C#N)C(=O)N2C. The van der Waals surface area contributed by atoms with E-state index in [4.69, 9.17) is 10.00 Å². The summed E-state index contributed by atoms with van der Waals surface area (Å²) in [6.07, 6.45) is -1.10. The van der Waals surface area contributed by atoms with Crippen LogP contribution in [0.3, 0.4) is 0 Å². The summed E-state index contributed by atoms with van der Waals surface area (Å²) >= 11 is 0. The first-order chi connectivity index (χ1) is 8.10. The Morgan fingerprint density at radius 2 is 2.24 bits per heavy atom. The second-order valence-corrected chi connectivity index (χ2v) is 3.87. The number of amides is 1. The second kappa shape index (κ2) is 4.07. The standard InChI is InChI=1S/C12H12N2O3/c1-14-10-4-3-7(17-2)5-8(10)11(15)9(6-13)12(14)16/h3-5,9,11,15H,1-2H3. The van der Waals surface area contributed by atoms with E-state index in [1.54, 1.807) is 25.2 Å². The van der Waals surface area contributed by atoms with Crippen molar-refractivity contribution in [3.63, 3.8) is 0 Å². The molecule has 17 heavy (non-hydrogen) atoms. The minimum Gasteiger partial charge on any atom is -0.497 e. The van der Waals surface area contributed by atoms with Crippen molar-refractivity contribution in [2.45, 2.75) is 6.10 Å². The largest absolute Gasteiger partial charge is 0.497 e. The summed E-state index contributed by atoms with van der Waals surface area (Å²) in [7, 11) is 3.11. The second-order valence-electron chi connectivity index (χ2n) is 3.87. The Morgan fingerprint density at radius 3 is 2.82 bits per heavy atom. The third-order valence-electron chi connectivity index (χ3n) is 2.97. The van der Waals surface area contributed by atoms with Gasteiger partial charge in [0.2, 0.25) is 5.91 Å². The summed E-state index contributed by atoms with van der Waals surface area (Å²) in [5.74, 6) is -0.862. The summed E-state index contributed by atoms with van der Waals surface area (Å²) < 4.78 is 5.06. The van der Waals surface area contributed by atoms with E-state index in [-0.39, 0.29) is 0 Å². The fourth-order valence-electron chi connectivity index (χ4n) is 1.97. The highest BCUT2D eigenvalue weighted by Crippen LogP contribution is 2.38. The Labute approximate surface area is 98.8 Å². The lowest BCUT2D eigenvalue weighted by molar-refractivity contribution is -0.124. The normalized spacial score (nSPS) is 22.9. The molecule has 0 saturated carbocycles. The van der Waals surface area contributed by atoms with Crippen LogP contribution in [0.4, 0.5) is 5.69 Å². The summed E-state index contributed by atoms with van der Waals surface area (Å²) in [5, 5.41) is 18.9. The summed E-state index contributed by atoms with van der Waals surface area (Å²) in [6, 6.07) is 6.88. The number of aliphatic hydroxyl groups is 1. The fraction of sp³-hybridized carbons (Fsp3) is 0.333. The van der Waals surface area contributed by atoms with Gasteiger partial charge in [0.05, 0.1) is 13.2 Å². The van der Waals surface area contributed by atoms with Gasteiger partial charge < -0.3 is 14.7 Å². The Hall–Kier alpha value is -2.06. The van der Waals surface area contributed by atoms with E-state index in [1.807, 2.05) is 6.07 Å². The number of fused-ring (bicyclic) bond motifs is 1. The maximum atomic E-state index is 11.8. The Bertz CT molecular complexity index is 507. The van der Waals surface area contributed by atoms with Crippen LogP contribution in [0.2, 0.25) is 0 Å². The Kier molecular flexibility index (Phi) is 2.74. The maximum absolute atomic E-state index is 11.8. The van der Waals surface area contributed by atoms with Gasteiger partial charge in [-0.15, -0.1) is 0 Å². The molecule has 1 amide bonds. The minimum atomic E-state index is -1.10. The lowest BCUT2D eigenvalue weighted by Crippen LogP contribution is -2.40. The summed E-state index contributed by atoms with van der Waals surface area (Å²) in [5.41, 5.74) is 1.15. The van der Waals surface area contributed by atoms with Gasteiger partial charge in [-0.25, -0.2) is 0 Å². The molecule has 2 atom stereocenters. The zero-order chi connectivity index (χ0) is 12.6. The topological polar surface area (TPSA) is 73.6 Å². The smallest absolute Gasteiger partial charge is 0.247 e. The number of nitrogens with zero attached hydrogens (tertiary/aromatic N) is 2. The number of anilines is 1. The molecule has 0 bridgehead atoms. The molecule has 1 aliphatic rings. The first-order valence-electron chi connectivity index (χ1n) is 5.13. The van der Waals surface area contributed by atoms with E-state index in [9.17, 15) is 9.90 Å². The van der Waals surface area contributed by atoms with Gasteiger partial charge in [-0.3, -0.25) is 4.79 Å². The van der Waals surface area contributed by atoms with Gasteiger partial charge in [-0.1, -0.05) is 0 Å². The molecule has 1 heterocycles. The molecule has 2 rings (SSSR count). The highest BCUT2D eigenvalue weighted by Gasteiger charge is 2.38. The number of hydrogen-bond donors (Lipinski definition) is 1. The first-order valence-corrected chi connectivity index (χ1v) is 5.13. The molecule has 5 heteroatoms. The van der Waals surface area contributed by atoms with Crippen LogP contribution >= 0.6 is 0 Å². The third kappa shape index (κ3) is 1.63. The molecular formula is C12H12N2O3. The number of benzene rings is 1. The van der Waals surface area contributed by atoms with Crippen LogP contribution in [0, 0.1) is 17.2 Å². The van der Waals surface area contributed by atoms with Gasteiger partial charge in [-0.2, -0.15) is 5.26 Å². The van der Waals surface area contributed by atoms with Crippen LogP contribution in [0.1, 0.15) is 11.7 Å². The van der Waals surface area contributed by atoms with Crippen molar-refractivity contribution in [1.29, 1.82) is 5.26 Å². The van der Waals surface area contributed by atoms with Crippen LogP contribution in [-0.2, 0) is 4.79 Å². The number of nitriles is 1. The molecule has 0 aliphatic carbocycles. The molecule has 2 unspecified atom stereocenters. The predicted molar refractivity (Wildman–Crippen MR) is 60.5 cm³/mol. The van der Waals surface area contributed by atoms with E-state index in [0.29, 0.717) is 17.0 Å². The van der Waals surface area contributed by atoms with Crippen LogP contribution < -0.4 is 9.64 Å². The highest BCUT2D eigenvalue weighted by molar-refractivity contribution is 5.99. The zero-order valence-electron chi connectivity index (χ0n) is 9.54. The van der Waals surface area contributed by atoms with Crippen LogP contribution in [0.25, 0.3) is 0 Å². The van der Waals surface area contributed by atoms with Crippen molar-refractivity contribution in [1.82, 2.24) is 0 Å². The van der Waals surface area contributed by atoms with Gasteiger partial charge in [0, 0.05) is 18.3 Å². The third-order valence-corrected chi connectivity index (χ3v) is 2.97. The number of hydrogen-bond acceptors (Lipinski definition) is 4. The molecule has 0 aromatic heterocycles. The van der Waals surface area contributed by atoms with Gasteiger partial charge in [-0.05, 0) is 18.2 Å². The van der Waals surface area contributed by atoms with Gasteiger partial charge in [0.25, 0.3) is 0 Å². The molecule has 1 N–H and O–H groups in total. The summed E-state index contributed by atoms with van der Waals surface area (Å²) in [6.45, 7) is 0. The van der Waals surface area contributed by atoms with Crippen LogP contribution in [0.5, 0.6) is 5.75 Å². The lowest BCUT2D eigenvalue weighted by atomic mass is 9.90. The Balaban J connectivity index is 2.57. The summed E-state index contributed by atoms with van der Waals surface area (Å²) in [4.78, 5) is 13.2. The van der Waals surface area contributed by atoms with Crippen molar-refractivity contribution < 1.29 is 14.6 Å². The molecule has 0 saturated heterocycles. The quantitative estimate of drug-likeness (QED) is 0.778. The van der Waals surface area contributed by atoms with Crippen LogP contribution in [-0.4, -0.2) is 25.2 Å². The number of carbonyl (C=O) groups excluding carboxylic acids is 1.